The fourth-order valence-corrected chi connectivity index (χ4v) is 3.16. The zero-order chi connectivity index (χ0) is 15.2. The van der Waals surface area contributed by atoms with Crippen LogP contribution in [0.2, 0.25) is 0 Å². The molecular formula is C16H24F2N2O. The van der Waals surface area contributed by atoms with Gasteiger partial charge in [-0.1, -0.05) is 31.0 Å². The van der Waals surface area contributed by atoms with Crippen LogP contribution in [0.5, 0.6) is 5.75 Å². The Labute approximate surface area is 125 Å². The van der Waals surface area contributed by atoms with E-state index in [1.165, 1.54) is 12.8 Å². The molecule has 1 aromatic rings. The summed E-state index contributed by atoms with van der Waals surface area (Å²) in [4.78, 5) is 2.33. The lowest BCUT2D eigenvalue weighted by Gasteiger charge is -2.35. The highest BCUT2D eigenvalue weighted by Gasteiger charge is 2.27. The summed E-state index contributed by atoms with van der Waals surface area (Å²) in [5, 5.41) is 0. The van der Waals surface area contributed by atoms with Crippen LogP contribution < -0.4 is 10.5 Å². The van der Waals surface area contributed by atoms with Gasteiger partial charge >= 0.3 is 6.61 Å². The molecular weight excluding hydrogens is 274 g/mol. The third kappa shape index (κ3) is 4.14. The Morgan fingerprint density at radius 1 is 1.29 bits per heavy atom. The number of para-hydroxylation sites is 1. The van der Waals surface area contributed by atoms with Crippen molar-refractivity contribution >= 4 is 0 Å². The van der Waals surface area contributed by atoms with E-state index in [9.17, 15) is 8.78 Å². The molecule has 0 bridgehead atoms. The van der Waals surface area contributed by atoms with Gasteiger partial charge in [-0.25, -0.2) is 0 Å². The van der Waals surface area contributed by atoms with Crippen LogP contribution in [0.25, 0.3) is 0 Å². The maximum atomic E-state index is 12.6. The van der Waals surface area contributed by atoms with Crippen LogP contribution in [0.15, 0.2) is 24.3 Å². The molecule has 0 aliphatic carbocycles. The van der Waals surface area contributed by atoms with Crippen LogP contribution in [-0.4, -0.2) is 30.6 Å². The zero-order valence-electron chi connectivity index (χ0n) is 12.5. The Morgan fingerprint density at radius 3 is 2.76 bits per heavy atom. The van der Waals surface area contributed by atoms with Crippen LogP contribution >= 0.6 is 0 Å². The fourth-order valence-electron chi connectivity index (χ4n) is 3.16. The second kappa shape index (κ2) is 7.71. The Morgan fingerprint density at radius 2 is 2.05 bits per heavy atom. The van der Waals surface area contributed by atoms with E-state index in [-0.39, 0.29) is 11.8 Å². The molecule has 3 nitrogen and oxygen atoms in total. The van der Waals surface area contributed by atoms with Crippen LogP contribution in [0.1, 0.15) is 44.2 Å². The first-order valence-electron chi connectivity index (χ1n) is 7.63. The third-order valence-corrected chi connectivity index (χ3v) is 4.22. The summed E-state index contributed by atoms with van der Waals surface area (Å²) < 4.78 is 29.8. The van der Waals surface area contributed by atoms with E-state index < -0.39 is 6.61 Å². The Balaban J connectivity index is 2.27. The molecule has 0 amide bonds. The first-order valence-corrected chi connectivity index (χ1v) is 7.63. The fraction of sp³-hybridized carbons (Fsp3) is 0.625. The van der Waals surface area contributed by atoms with Gasteiger partial charge in [-0.3, -0.25) is 4.90 Å². The average Bonchev–Trinajstić information content (AvgIpc) is 2.66. The molecule has 0 radical (unpaired) electrons. The Hall–Kier alpha value is -1.20. The highest BCUT2D eigenvalue weighted by Crippen LogP contribution is 2.33. The predicted octanol–water partition coefficient (Wildman–Crippen LogP) is 3.55. The molecule has 5 heteroatoms. The zero-order valence-corrected chi connectivity index (χ0v) is 12.5. The van der Waals surface area contributed by atoms with Gasteiger partial charge < -0.3 is 10.5 Å². The van der Waals surface area contributed by atoms with E-state index in [0.29, 0.717) is 12.6 Å². The number of halogens is 2. The number of hydrogen-bond acceptors (Lipinski definition) is 3. The highest BCUT2D eigenvalue weighted by molar-refractivity contribution is 5.36. The summed E-state index contributed by atoms with van der Waals surface area (Å²) in [6.45, 7) is 0.719. The lowest BCUT2D eigenvalue weighted by Crippen LogP contribution is -2.40. The van der Waals surface area contributed by atoms with E-state index in [4.69, 9.17) is 5.73 Å². The first kappa shape index (κ1) is 16.2. The summed E-state index contributed by atoms with van der Waals surface area (Å²) >= 11 is 0. The third-order valence-electron chi connectivity index (χ3n) is 4.22. The summed E-state index contributed by atoms with van der Waals surface area (Å²) in [7, 11) is 0. The minimum Gasteiger partial charge on any atom is -0.434 e. The number of hydrogen-bond donors (Lipinski definition) is 1. The van der Waals surface area contributed by atoms with Crippen molar-refractivity contribution < 1.29 is 13.5 Å². The largest absolute Gasteiger partial charge is 0.434 e. The highest BCUT2D eigenvalue weighted by atomic mass is 19.3. The molecule has 118 valence electrons. The number of alkyl halides is 2. The minimum atomic E-state index is -2.81. The Bertz CT molecular complexity index is 442. The molecule has 21 heavy (non-hydrogen) atoms. The van der Waals surface area contributed by atoms with Crippen LogP contribution in [0.4, 0.5) is 8.78 Å². The lowest BCUT2D eigenvalue weighted by atomic mass is 10.0. The normalized spacial score (nSPS) is 22.0. The number of nitrogens with two attached hydrogens (primary N) is 1. The molecule has 1 heterocycles. The molecule has 2 atom stereocenters. The van der Waals surface area contributed by atoms with Crippen LogP contribution in [0, 0.1) is 0 Å². The summed E-state index contributed by atoms with van der Waals surface area (Å²) in [5.74, 6) is 0.236. The van der Waals surface area contributed by atoms with Gasteiger partial charge in [0.05, 0.1) is 6.04 Å². The van der Waals surface area contributed by atoms with E-state index >= 15 is 0 Å². The van der Waals surface area contributed by atoms with Gasteiger partial charge in [0.15, 0.2) is 0 Å². The van der Waals surface area contributed by atoms with Crippen molar-refractivity contribution in [2.75, 3.05) is 13.1 Å². The second-order valence-electron chi connectivity index (χ2n) is 5.60. The number of rotatable bonds is 5. The van der Waals surface area contributed by atoms with Crippen molar-refractivity contribution in [3.63, 3.8) is 0 Å². The standard InChI is InChI=1S/C16H24F2N2O/c1-12-7-3-2-6-10-20(12)14(11-19)13-8-4-5-9-15(13)21-16(17)18/h4-5,8-9,12,14,16H,2-3,6-7,10-11,19H2,1H3. The summed E-state index contributed by atoms with van der Waals surface area (Å²) in [6.07, 6.45) is 4.67. The van der Waals surface area contributed by atoms with Crippen LogP contribution in [-0.2, 0) is 0 Å². The van der Waals surface area contributed by atoms with E-state index in [1.54, 1.807) is 12.1 Å². The van der Waals surface area contributed by atoms with Gasteiger partial charge in [0, 0.05) is 18.2 Å². The molecule has 1 saturated heterocycles. The number of nitrogens with zero attached hydrogens (tertiary/aromatic N) is 1. The second-order valence-corrected chi connectivity index (χ2v) is 5.60. The Kier molecular flexibility index (Phi) is 5.94. The lowest BCUT2D eigenvalue weighted by molar-refractivity contribution is -0.0513. The van der Waals surface area contributed by atoms with Crippen molar-refractivity contribution in [1.29, 1.82) is 0 Å². The van der Waals surface area contributed by atoms with Gasteiger partial charge in [0.2, 0.25) is 0 Å². The molecule has 2 rings (SSSR count). The van der Waals surface area contributed by atoms with Crippen molar-refractivity contribution in [3.05, 3.63) is 29.8 Å². The molecule has 0 aromatic heterocycles. The smallest absolute Gasteiger partial charge is 0.387 e. The molecule has 2 N–H and O–H groups in total. The molecule has 2 unspecified atom stereocenters. The summed E-state index contributed by atoms with van der Waals surface area (Å²) in [5.41, 5.74) is 6.72. The van der Waals surface area contributed by atoms with Gasteiger partial charge in [-0.05, 0) is 32.4 Å². The van der Waals surface area contributed by atoms with Crippen LogP contribution in [0.3, 0.4) is 0 Å². The van der Waals surface area contributed by atoms with Crippen molar-refractivity contribution in [3.8, 4) is 5.75 Å². The number of ether oxygens (including phenoxy) is 1. The maximum Gasteiger partial charge on any atom is 0.387 e. The van der Waals surface area contributed by atoms with Gasteiger partial charge in [-0.2, -0.15) is 8.78 Å². The SMILES string of the molecule is CC1CCCCCN1C(CN)c1ccccc1OC(F)F. The predicted molar refractivity (Wildman–Crippen MR) is 79.5 cm³/mol. The van der Waals surface area contributed by atoms with Gasteiger partial charge in [-0.15, -0.1) is 0 Å². The number of benzene rings is 1. The van der Waals surface area contributed by atoms with E-state index in [0.717, 1.165) is 24.9 Å². The van der Waals surface area contributed by atoms with E-state index in [2.05, 4.69) is 16.6 Å². The quantitative estimate of drug-likeness (QED) is 0.903. The average molecular weight is 298 g/mol. The molecule has 1 fully saturated rings. The molecule has 0 saturated carbocycles. The topological polar surface area (TPSA) is 38.5 Å². The van der Waals surface area contributed by atoms with E-state index in [1.807, 2.05) is 12.1 Å². The summed E-state index contributed by atoms with van der Waals surface area (Å²) in [6, 6.07) is 7.31. The maximum absolute atomic E-state index is 12.6. The van der Waals surface area contributed by atoms with Crippen molar-refractivity contribution in [2.24, 2.45) is 5.73 Å². The minimum absolute atomic E-state index is 0.0759. The molecule has 1 aliphatic rings. The van der Waals surface area contributed by atoms with Crippen molar-refractivity contribution in [1.82, 2.24) is 4.90 Å². The monoisotopic (exact) mass is 298 g/mol. The number of likely N-dealkylation sites (tertiary alicyclic amines) is 1. The van der Waals surface area contributed by atoms with Gasteiger partial charge in [0.25, 0.3) is 0 Å². The molecule has 1 aromatic carbocycles. The van der Waals surface area contributed by atoms with Crippen molar-refractivity contribution in [2.45, 2.75) is 51.3 Å². The molecule has 1 aliphatic heterocycles. The first-order chi connectivity index (χ1) is 10.1. The van der Waals surface area contributed by atoms with Gasteiger partial charge in [0.1, 0.15) is 5.75 Å². The molecule has 0 spiro atoms.